The third kappa shape index (κ3) is 2.61. The molecule has 0 amide bonds. The molecule has 23 heavy (non-hydrogen) atoms. The van der Waals surface area contributed by atoms with Gasteiger partial charge in [0.15, 0.2) is 5.65 Å². The summed E-state index contributed by atoms with van der Waals surface area (Å²) in [6.45, 7) is 0. The van der Waals surface area contributed by atoms with Gasteiger partial charge in [0.25, 0.3) is 0 Å². The van der Waals surface area contributed by atoms with Crippen molar-refractivity contribution in [2.24, 2.45) is 17.6 Å². The van der Waals surface area contributed by atoms with Crippen molar-refractivity contribution < 1.29 is 0 Å². The van der Waals surface area contributed by atoms with E-state index in [0.717, 1.165) is 42.6 Å². The molecular weight excluding hydrogens is 286 g/mol. The highest BCUT2D eigenvalue weighted by Gasteiger charge is 2.43. The number of anilines is 1. The molecule has 0 spiro atoms. The maximum Gasteiger partial charge on any atom is 0.157 e. The Hall–Kier alpha value is -1.62. The minimum Gasteiger partial charge on any atom is -0.367 e. The number of nitrogens with zero attached hydrogens (tertiary/aromatic N) is 3. The molecule has 0 unspecified atom stereocenters. The van der Waals surface area contributed by atoms with Gasteiger partial charge < -0.3 is 11.1 Å². The summed E-state index contributed by atoms with van der Waals surface area (Å²) >= 11 is 0. The number of rotatable bonds is 5. The predicted octanol–water partition coefficient (Wildman–Crippen LogP) is 2.92. The number of nitrogens with two attached hydrogens (primary N) is 1. The molecule has 3 fully saturated rings. The summed E-state index contributed by atoms with van der Waals surface area (Å²) in [6, 6.07) is 5.09. The largest absolute Gasteiger partial charge is 0.367 e. The zero-order valence-corrected chi connectivity index (χ0v) is 13.5. The van der Waals surface area contributed by atoms with E-state index in [-0.39, 0.29) is 0 Å². The van der Waals surface area contributed by atoms with Gasteiger partial charge in [-0.3, -0.25) is 0 Å². The molecule has 2 atom stereocenters. The number of hydrogen-bond donors (Lipinski definition) is 2. The van der Waals surface area contributed by atoms with E-state index in [4.69, 9.17) is 10.7 Å². The number of hydrogen-bond acceptors (Lipinski definition) is 4. The molecular formula is C18H25N5. The highest BCUT2D eigenvalue weighted by Crippen LogP contribution is 2.54. The van der Waals surface area contributed by atoms with Gasteiger partial charge in [0, 0.05) is 30.1 Å². The first kappa shape index (κ1) is 13.8. The highest BCUT2D eigenvalue weighted by molar-refractivity contribution is 5.50. The van der Waals surface area contributed by atoms with E-state index in [9.17, 15) is 0 Å². The van der Waals surface area contributed by atoms with Crippen LogP contribution in [0, 0.1) is 11.8 Å². The monoisotopic (exact) mass is 311 g/mol. The van der Waals surface area contributed by atoms with Crippen LogP contribution in [0.5, 0.6) is 0 Å². The molecule has 2 heterocycles. The lowest BCUT2D eigenvalue weighted by molar-refractivity contribution is 0.524. The molecule has 3 aliphatic carbocycles. The Morgan fingerprint density at radius 2 is 1.91 bits per heavy atom. The van der Waals surface area contributed by atoms with Crippen LogP contribution in [0.15, 0.2) is 18.3 Å². The van der Waals surface area contributed by atoms with Crippen LogP contribution in [0.2, 0.25) is 0 Å². The Morgan fingerprint density at radius 3 is 2.57 bits per heavy atom. The van der Waals surface area contributed by atoms with Gasteiger partial charge in [-0.1, -0.05) is 0 Å². The molecule has 2 aromatic rings. The van der Waals surface area contributed by atoms with Gasteiger partial charge in [0.05, 0.1) is 11.9 Å². The van der Waals surface area contributed by atoms with Gasteiger partial charge >= 0.3 is 0 Å². The first-order chi connectivity index (χ1) is 11.3. The van der Waals surface area contributed by atoms with E-state index in [1.54, 1.807) is 0 Å². The first-order valence-electron chi connectivity index (χ1n) is 9.15. The lowest BCUT2D eigenvalue weighted by Crippen LogP contribution is -2.22. The van der Waals surface area contributed by atoms with Gasteiger partial charge in [-0.15, -0.1) is 0 Å². The molecule has 3 N–H and O–H groups in total. The van der Waals surface area contributed by atoms with Crippen LogP contribution in [0.1, 0.15) is 56.6 Å². The lowest BCUT2D eigenvalue weighted by Gasteiger charge is -2.19. The van der Waals surface area contributed by atoms with Crippen molar-refractivity contribution in [2.75, 3.05) is 5.32 Å². The van der Waals surface area contributed by atoms with Crippen molar-refractivity contribution in [3.05, 3.63) is 24.0 Å². The Morgan fingerprint density at radius 1 is 1.13 bits per heavy atom. The maximum atomic E-state index is 6.07. The van der Waals surface area contributed by atoms with Crippen LogP contribution in [-0.2, 0) is 0 Å². The lowest BCUT2D eigenvalue weighted by atomic mass is 9.93. The fourth-order valence-corrected chi connectivity index (χ4v) is 4.34. The van der Waals surface area contributed by atoms with E-state index in [2.05, 4.69) is 16.5 Å². The Bertz CT molecular complexity index is 703. The van der Waals surface area contributed by atoms with Crippen molar-refractivity contribution in [1.82, 2.24) is 14.6 Å². The van der Waals surface area contributed by atoms with E-state index < -0.39 is 0 Å². The Balaban J connectivity index is 1.50. The van der Waals surface area contributed by atoms with Crippen molar-refractivity contribution in [3.8, 4) is 0 Å². The summed E-state index contributed by atoms with van der Waals surface area (Å²) in [5.41, 5.74) is 8.33. The zero-order chi connectivity index (χ0) is 15.4. The van der Waals surface area contributed by atoms with Gasteiger partial charge in [0.1, 0.15) is 5.82 Å². The van der Waals surface area contributed by atoms with Crippen LogP contribution in [0.25, 0.3) is 5.65 Å². The molecule has 5 rings (SSSR count). The van der Waals surface area contributed by atoms with Crippen molar-refractivity contribution >= 4 is 11.5 Å². The van der Waals surface area contributed by atoms with Gasteiger partial charge in [0.2, 0.25) is 0 Å². The summed E-state index contributed by atoms with van der Waals surface area (Å²) < 4.78 is 1.95. The summed E-state index contributed by atoms with van der Waals surface area (Å²) in [5, 5.41) is 8.16. The SMILES string of the molecule is N[C@H]1CC[C@H](Nc2cc(C(C3CC3)C3CC3)nc3ccnn23)C1. The quantitative estimate of drug-likeness (QED) is 0.891. The van der Waals surface area contributed by atoms with Crippen molar-refractivity contribution in [3.63, 3.8) is 0 Å². The molecule has 0 radical (unpaired) electrons. The first-order valence-corrected chi connectivity index (χ1v) is 9.15. The van der Waals surface area contributed by atoms with E-state index in [1.165, 1.54) is 31.4 Å². The zero-order valence-electron chi connectivity index (χ0n) is 13.5. The third-order valence-corrected chi connectivity index (χ3v) is 5.81. The predicted molar refractivity (Wildman–Crippen MR) is 90.4 cm³/mol. The second-order valence-corrected chi connectivity index (χ2v) is 7.78. The van der Waals surface area contributed by atoms with E-state index in [1.807, 2.05) is 16.8 Å². The highest BCUT2D eigenvalue weighted by atomic mass is 15.3. The molecule has 5 heteroatoms. The smallest absolute Gasteiger partial charge is 0.157 e. The average Bonchev–Trinajstić information content (AvgIpc) is 3.45. The molecule has 0 aromatic carbocycles. The fourth-order valence-electron chi connectivity index (χ4n) is 4.34. The van der Waals surface area contributed by atoms with Crippen LogP contribution < -0.4 is 11.1 Å². The fraction of sp³-hybridized carbons (Fsp3) is 0.667. The van der Waals surface area contributed by atoms with Gasteiger partial charge in [-0.2, -0.15) is 9.61 Å². The Kier molecular flexibility index (Phi) is 3.11. The number of nitrogens with one attached hydrogen (secondary N) is 1. The molecule has 0 aliphatic heterocycles. The maximum absolute atomic E-state index is 6.07. The van der Waals surface area contributed by atoms with Crippen LogP contribution >= 0.6 is 0 Å². The molecule has 2 aromatic heterocycles. The van der Waals surface area contributed by atoms with Crippen LogP contribution in [-0.4, -0.2) is 26.7 Å². The van der Waals surface area contributed by atoms with Crippen LogP contribution in [0.4, 0.5) is 5.82 Å². The third-order valence-electron chi connectivity index (χ3n) is 5.81. The topological polar surface area (TPSA) is 68.2 Å². The number of aromatic nitrogens is 3. The normalized spacial score (nSPS) is 27.9. The van der Waals surface area contributed by atoms with Crippen molar-refractivity contribution in [1.29, 1.82) is 0 Å². The average molecular weight is 311 g/mol. The van der Waals surface area contributed by atoms with Crippen molar-refractivity contribution in [2.45, 2.75) is 62.9 Å². The molecule has 0 saturated heterocycles. The molecule has 5 nitrogen and oxygen atoms in total. The minimum atomic E-state index is 0.340. The molecule has 3 saturated carbocycles. The molecule has 3 aliphatic rings. The van der Waals surface area contributed by atoms with E-state index >= 15 is 0 Å². The summed E-state index contributed by atoms with van der Waals surface area (Å²) in [6.07, 6.45) is 10.7. The van der Waals surface area contributed by atoms with Crippen LogP contribution in [0.3, 0.4) is 0 Å². The summed E-state index contributed by atoms with van der Waals surface area (Å²) in [4.78, 5) is 4.94. The summed E-state index contributed by atoms with van der Waals surface area (Å²) in [7, 11) is 0. The van der Waals surface area contributed by atoms with Gasteiger partial charge in [-0.25, -0.2) is 4.98 Å². The standard InChI is InChI=1S/C18H25N5/c19-13-5-6-14(9-13)21-17-10-15(22-16-7-8-20-23(16)17)18(11-1-2-11)12-3-4-12/h7-8,10-14,18,21H,1-6,9,19H2/t13-,14-/m0/s1. The number of fused-ring (bicyclic) bond motifs is 1. The Labute approximate surface area is 136 Å². The molecule has 0 bridgehead atoms. The van der Waals surface area contributed by atoms with Gasteiger partial charge in [-0.05, 0) is 56.8 Å². The second kappa shape index (κ2) is 5.20. The molecule has 122 valence electrons. The van der Waals surface area contributed by atoms with E-state index in [0.29, 0.717) is 18.0 Å². The minimum absolute atomic E-state index is 0.340. The summed E-state index contributed by atoms with van der Waals surface area (Å²) in [5.74, 6) is 3.50. The second-order valence-electron chi connectivity index (χ2n) is 7.78.